The third-order valence-electron chi connectivity index (χ3n) is 5.39. The molecule has 3 rings (SSSR count). The Morgan fingerprint density at radius 2 is 1.89 bits per heavy atom. The van der Waals surface area contributed by atoms with Gasteiger partial charge in [0.1, 0.15) is 5.75 Å². The Kier molecular flexibility index (Phi) is 7.68. The van der Waals surface area contributed by atoms with Crippen LogP contribution >= 0.6 is 0 Å². The second kappa shape index (κ2) is 10.4. The van der Waals surface area contributed by atoms with Gasteiger partial charge in [0.2, 0.25) is 0 Å². The van der Waals surface area contributed by atoms with E-state index in [1.165, 1.54) is 12.8 Å². The molecule has 1 amide bonds. The molecule has 1 aromatic carbocycles. The van der Waals surface area contributed by atoms with Crippen molar-refractivity contribution in [1.29, 1.82) is 0 Å². The van der Waals surface area contributed by atoms with E-state index in [1.54, 1.807) is 19.1 Å². The first kappa shape index (κ1) is 20.6. The maximum Gasteiger partial charge on any atom is 0.309 e. The zero-order valence-corrected chi connectivity index (χ0v) is 16.7. The van der Waals surface area contributed by atoms with Crippen molar-refractivity contribution in [2.24, 2.45) is 0 Å². The van der Waals surface area contributed by atoms with E-state index >= 15 is 0 Å². The number of carbonyl (C=O) groups excluding carboxylic acids is 2. The average molecular weight is 389 g/mol. The molecule has 0 atom stereocenters. The normalized spacial score (nSPS) is 18.7. The fraction of sp³-hybridized carbons (Fsp3) is 0.619. The van der Waals surface area contributed by atoms with Gasteiger partial charge < -0.3 is 19.7 Å². The summed E-state index contributed by atoms with van der Waals surface area (Å²) in [5.74, 6) is 0.366. The molecule has 2 aliphatic heterocycles. The summed E-state index contributed by atoms with van der Waals surface area (Å²) in [6.07, 6.45) is 2.59. The number of carbonyl (C=O) groups is 2. The predicted molar refractivity (Wildman–Crippen MR) is 107 cm³/mol. The fourth-order valence-corrected chi connectivity index (χ4v) is 3.85. The van der Waals surface area contributed by atoms with Crippen molar-refractivity contribution in [2.75, 3.05) is 52.5 Å². The van der Waals surface area contributed by atoms with Crippen molar-refractivity contribution in [3.8, 4) is 5.75 Å². The van der Waals surface area contributed by atoms with Crippen LogP contribution in [0.4, 0.5) is 0 Å². The molecule has 2 saturated heterocycles. The SMILES string of the molecule is CCOC(=O)CCOc1cccc(C(=O)N2CCN(C3CCNCC3)CC2)c1. The van der Waals surface area contributed by atoms with Gasteiger partial charge in [0, 0.05) is 37.8 Å². The summed E-state index contributed by atoms with van der Waals surface area (Å²) in [4.78, 5) is 28.7. The van der Waals surface area contributed by atoms with Gasteiger partial charge in [-0.1, -0.05) is 6.07 Å². The third kappa shape index (κ3) is 5.69. The molecule has 2 fully saturated rings. The number of hydrogen-bond donors (Lipinski definition) is 1. The maximum atomic E-state index is 12.9. The molecule has 2 aliphatic rings. The van der Waals surface area contributed by atoms with Gasteiger partial charge in [-0.05, 0) is 51.1 Å². The van der Waals surface area contributed by atoms with E-state index in [2.05, 4.69) is 10.2 Å². The minimum atomic E-state index is -0.277. The van der Waals surface area contributed by atoms with Gasteiger partial charge in [-0.3, -0.25) is 14.5 Å². The Bertz CT molecular complexity index is 653. The van der Waals surface area contributed by atoms with Crippen LogP contribution in [-0.4, -0.2) is 80.2 Å². The number of piperidine rings is 1. The number of benzene rings is 1. The molecule has 0 aromatic heterocycles. The lowest BCUT2D eigenvalue weighted by atomic mass is 10.0. The van der Waals surface area contributed by atoms with Crippen LogP contribution in [0.15, 0.2) is 24.3 Å². The lowest BCUT2D eigenvalue weighted by Crippen LogP contribution is -2.53. The summed E-state index contributed by atoms with van der Waals surface area (Å²) in [6.45, 7) is 7.96. The van der Waals surface area contributed by atoms with E-state index in [0.717, 1.165) is 39.3 Å². The molecule has 0 bridgehead atoms. The highest BCUT2D eigenvalue weighted by Crippen LogP contribution is 2.18. The first-order chi connectivity index (χ1) is 13.7. The molecule has 1 N–H and O–H groups in total. The van der Waals surface area contributed by atoms with Crippen molar-refractivity contribution >= 4 is 11.9 Å². The summed E-state index contributed by atoms with van der Waals surface area (Å²) in [7, 11) is 0. The highest BCUT2D eigenvalue weighted by atomic mass is 16.5. The quantitative estimate of drug-likeness (QED) is 0.713. The van der Waals surface area contributed by atoms with Crippen molar-refractivity contribution in [1.82, 2.24) is 15.1 Å². The first-order valence-corrected chi connectivity index (χ1v) is 10.3. The van der Waals surface area contributed by atoms with Crippen LogP contribution in [0.3, 0.4) is 0 Å². The van der Waals surface area contributed by atoms with Crippen LogP contribution < -0.4 is 10.1 Å². The molecule has 0 aliphatic carbocycles. The smallest absolute Gasteiger partial charge is 0.309 e. The van der Waals surface area contributed by atoms with E-state index < -0.39 is 0 Å². The Morgan fingerprint density at radius 3 is 2.61 bits per heavy atom. The summed E-state index contributed by atoms with van der Waals surface area (Å²) in [6, 6.07) is 7.84. The molecule has 7 nitrogen and oxygen atoms in total. The zero-order valence-electron chi connectivity index (χ0n) is 16.7. The Morgan fingerprint density at radius 1 is 1.14 bits per heavy atom. The third-order valence-corrected chi connectivity index (χ3v) is 5.39. The van der Waals surface area contributed by atoms with Crippen molar-refractivity contribution in [2.45, 2.75) is 32.2 Å². The first-order valence-electron chi connectivity index (χ1n) is 10.3. The van der Waals surface area contributed by atoms with Gasteiger partial charge in [0.15, 0.2) is 0 Å². The highest BCUT2D eigenvalue weighted by molar-refractivity contribution is 5.94. The summed E-state index contributed by atoms with van der Waals surface area (Å²) < 4.78 is 10.5. The van der Waals surface area contributed by atoms with Crippen LogP contribution in [0.2, 0.25) is 0 Å². The fourth-order valence-electron chi connectivity index (χ4n) is 3.85. The molecule has 154 valence electrons. The molecule has 2 heterocycles. The van der Waals surface area contributed by atoms with E-state index in [0.29, 0.717) is 24.0 Å². The molecule has 1 aromatic rings. The Labute approximate surface area is 167 Å². The van der Waals surface area contributed by atoms with Gasteiger partial charge in [-0.15, -0.1) is 0 Å². The summed E-state index contributed by atoms with van der Waals surface area (Å²) >= 11 is 0. The van der Waals surface area contributed by atoms with Gasteiger partial charge in [-0.25, -0.2) is 0 Å². The lowest BCUT2D eigenvalue weighted by Gasteiger charge is -2.40. The topological polar surface area (TPSA) is 71.1 Å². The average Bonchev–Trinajstić information content (AvgIpc) is 2.74. The standard InChI is InChI=1S/C21H31N3O4/c1-2-27-20(25)8-15-28-19-5-3-4-17(16-19)21(26)24-13-11-23(12-14-24)18-6-9-22-10-7-18/h3-5,16,18,22H,2,6-15H2,1H3. The molecule has 7 heteroatoms. The Balaban J connectivity index is 1.48. The van der Waals surface area contributed by atoms with E-state index in [9.17, 15) is 9.59 Å². The van der Waals surface area contributed by atoms with Crippen LogP contribution in [0, 0.1) is 0 Å². The Hall–Kier alpha value is -2.12. The number of nitrogens with one attached hydrogen (secondary N) is 1. The number of esters is 1. The van der Waals surface area contributed by atoms with E-state index in [1.807, 2.05) is 17.0 Å². The van der Waals surface area contributed by atoms with Gasteiger partial charge in [0.05, 0.1) is 19.6 Å². The number of rotatable bonds is 7. The number of nitrogens with zero attached hydrogens (tertiary/aromatic N) is 2. The van der Waals surface area contributed by atoms with Gasteiger partial charge in [-0.2, -0.15) is 0 Å². The molecular weight excluding hydrogens is 358 g/mol. The molecule has 0 saturated carbocycles. The molecular formula is C21H31N3O4. The maximum absolute atomic E-state index is 12.9. The number of hydrogen-bond acceptors (Lipinski definition) is 6. The monoisotopic (exact) mass is 389 g/mol. The van der Waals surface area contributed by atoms with Crippen molar-refractivity contribution in [3.63, 3.8) is 0 Å². The number of amides is 1. The van der Waals surface area contributed by atoms with Crippen LogP contribution in [-0.2, 0) is 9.53 Å². The van der Waals surface area contributed by atoms with Crippen LogP contribution in [0.25, 0.3) is 0 Å². The zero-order chi connectivity index (χ0) is 19.8. The number of piperazine rings is 1. The van der Waals surface area contributed by atoms with Crippen molar-refractivity contribution < 1.29 is 19.1 Å². The van der Waals surface area contributed by atoms with Crippen LogP contribution in [0.5, 0.6) is 5.75 Å². The lowest BCUT2D eigenvalue weighted by molar-refractivity contribution is -0.143. The van der Waals surface area contributed by atoms with E-state index in [4.69, 9.17) is 9.47 Å². The second-order valence-corrected chi connectivity index (χ2v) is 7.24. The van der Waals surface area contributed by atoms with Gasteiger partial charge >= 0.3 is 5.97 Å². The predicted octanol–water partition coefficient (Wildman–Crippen LogP) is 1.53. The summed E-state index contributed by atoms with van der Waals surface area (Å²) in [5, 5.41) is 3.41. The van der Waals surface area contributed by atoms with E-state index in [-0.39, 0.29) is 24.9 Å². The molecule has 0 spiro atoms. The number of ether oxygens (including phenoxy) is 2. The second-order valence-electron chi connectivity index (χ2n) is 7.24. The molecule has 28 heavy (non-hydrogen) atoms. The van der Waals surface area contributed by atoms with Crippen LogP contribution in [0.1, 0.15) is 36.5 Å². The minimum absolute atomic E-state index is 0.0424. The summed E-state index contributed by atoms with van der Waals surface area (Å²) in [5.41, 5.74) is 0.629. The molecule has 0 unspecified atom stereocenters. The highest BCUT2D eigenvalue weighted by Gasteiger charge is 2.27. The molecule has 0 radical (unpaired) electrons. The van der Waals surface area contributed by atoms with Crippen molar-refractivity contribution in [3.05, 3.63) is 29.8 Å². The minimum Gasteiger partial charge on any atom is -0.493 e. The van der Waals surface area contributed by atoms with Gasteiger partial charge in [0.25, 0.3) is 5.91 Å². The largest absolute Gasteiger partial charge is 0.493 e.